The summed E-state index contributed by atoms with van der Waals surface area (Å²) in [5, 5.41) is 9.67. The first-order chi connectivity index (χ1) is 7.91. The van der Waals surface area contributed by atoms with Crippen LogP contribution in [0, 0.1) is 5.92 Å². The Morgan fingerprint density at radius 1 is 1.47 bits per heavy atom. The number of amides is 1. The predicted octanol–water partition coefficient (Wildman–Crippen LogP) is -0.333. The number of carbonyl (C=O) groups excluding carboxylic acids is 1. The van der Waals surface area contributed by atoms with E-state index >= 15 is 0 Å². The fourth-order valence-electron chi connectivity index (χ4n) is 2.32. The topological polar surface area (TPSA) is 47.0 Å². The van der Waals surface area contributed by atoms with Gasteiger partial charge in [0, 0.05) is 20.1 Å². The molecule has 1 saturated heterocycles. The third kappa shape index (κ3) is 4.26. The fourth-order valence-corrected chi connectivity index (χ4v) is 2.32. The number of aliphatic hydroxyl groups excluding tert-OH is 1. The second kappa shape index (κ2) is 6.33. The Kier molecular flexibility index (Phi) is 5.36. The van der Waals surface area contributed by atoms with Crippen LogP contribution >= 0.6 is 0 Å². The van der Waals surface area contributed by atoms with E-state index in [1.807, 2.05) is 0 Å². The van der Waals surface area contributed by atoms with Crippen molar-refractivity contribution in [3.63, 3.8) is 0 Å². The normalized spacial score (nSPS) is 23.8. The van der Waals surface area contributed by atoms with Crippen LogP contribution in [0.3, 0.4) is 0 Å². The van der Waals surface area contributed by atoms with Crippen LogP contribution in [0.15, 0.2) is 0 Å². The Labute approximate surface area is 104 Å². The maximum atomic E-state index is 11.9. The van der Waals surface area contributed by atoms with Crippen LogP contribution in [0.25, 0.3) is 0 Å². The van der Waals surface area contributed by atoms with Gasteiger partial charge in [0.15, 0.2) is 6.23 Å². The molecular weight excluding hydrogens is 218 g/mol. The van der Waals surface area contributed by atoms with E-state index in [2.05, 4.69) is 11.9 Å². The molecule has 0 aromatic heterocycles. The minimum absolute atomic E-state index is 0.219. The Bertz CT molecular complexity index is 258. The molecule has 1 aliphatic heterocycles. The van der Waals surface area contributed by atoms with Crippen molar-refractivity contribution < 1.29 is 9.90 Å². The third-order valence-corrected chi connectivity index (χ3v) is 3.34. The van der Waals surface area contributed by atoms with Gasteiger partial charge < -0.3 is 14.9 Å². The summed E-state index contributed by atoms with van der Waals surface area (Å²) < 4.78 is 0. The van der Waals surface area contributed by atoms with Crippen molar-refractivity contribution >= 4 is 5.91 Å². The predicted molar refractivity (Wildman–Crippen MR) is 67.6 cm³/mol. The monoisotopic (exact) mass is 243 g/mol. The van der Waals surface area contributed by atoms with Gasteiger partial charge >= 0.3 is 0 Å². The van der Waals surface area contributed by atoms with Crippen LogP contribution < -0.4 is 0 Å². The highest BCUT2D eigenvalue weighted by molar-refractivity contribution is 5.79. The summed E-state index contributed by atoms with van der Waals surface area (Å²) in [6.07, 6.45) is 1.33. The molecule has 17 heavy (non-hydrogen) atoms. The van der Waals surface area contributed by atoms with E-state index in [0.717, 1.165) is 19.6 Å². The van der Waals surface area contributed by atoms with E-state index in [-0.39, 0.29) is 5.91 Å². The van der Waals surface area contributed by atoms with Gasteiger partial charge in [-0.25, -0.2) is 0 Å². The lowest BCUT2D eigenvalue weighted by Crippen LogP contribution is -2.47. The van der Waals surface area contributed by atoms with E-state index in [9.17, 15) is 9.90 Å². The van der Waals surface area contributed by atoms with Gasteiger partial charge in [-0.15, -0.1) is 0 Å². The molecule has 0 bridgehead atoms. The van der Waals surface area contributed by atoms with Crippen LogP contribution in [-0.4, -0.2) is 79.8 Å². The Morgan fingerprint density at radius 3 is 2.65 bits per heavy atom. The number of rotatable bonds is 4. The maximum absolute atomic E-state index is 11.9. The largest absolute Gasteiger partial charge is 0.370 e. The molecule has 0 spiro atoms. The molecule has 0 radical (unpaired) electrons. The zero-order valence-electron chi connectivity index (χ0n) is 11.4. The molecule has 1 aliphatic rings. The zero-order chi connectivity index (χ0) is 13.0. The lowest BCUT2D eigenvalue weighted by atomic mass is 9.98. The summed E-state index contributed by atoms with van der Waals surface area (Å²) in [4.78, 5) is 17.3. The average Bonchev–Trinajstić information content (AvgIpc) is 2.26. The van der Waals surface area contributed by atoms with Crippen LogP contribution in [0.5, 0.6) is 0 Å². The summed E-state index contributed by atoms with van der Waals surface area (Å²) in [6.45, 7) is 2.91. The van der Waals surface area contributed by atoms with Gasteiger partial charge in [0.05, 0.1) is 0 Å². The average molecular weight is 243 g/mol. The van der Waals surface area contributed by atoms with Crippen LogP contribution in [0.1, 0.15) is 12.8 Å². The van der Waals surface area contributed by atoms with Crippen molar-refractivity contribution in [1.82, 2.24) is 14.7 Å². The number of aliphatic hydroxyl groups is 1. The van der Waals surface area contributed by atoms with E-state index in [1.165, 1.54) is 17.7 Å². The molecular formula is C12H25N3O2. The van der Waals surface area contributed by atoms with Gasteiger partial charge in [0.1, 0.15) is 0 Å². The molecule has 0 aromatic carbocycles. The molecule has 0 aromatic rings. The Balaban J connectivity index is 2.42. The van der Waals surface area contributed by atoms with Gasteiger partial charge in [0.25, 0.3) is 5.91 Å². The summed E-state index contributed by atoms with van der Waals surface area (Å²) in [5.74, 6) is 0.306. The molecule has 0 aliphatic carbocycles. The van der Waals surface area contributed by atoms with E-state index in [0.29, 0.717) is 5.92 Å². The number of nitrogens with zero attached hydrogens (tertiary/aromatic N) is 3. The van der Waals surface area contributed by atoms with Crippen molar-refractivity contribution in [3.8, 4) is 0 Å². The molecule has 2 unspecified atom stereocenters. The summed E-state index contributed by atoms with van der Waals surface area (Å²) in [7, 11) is 7.28. The molecule has 2 atom stereocenters. The van der Waals surface area contributed by atoms with Crippen LogP contribution in [0.4, 0.5) is 0 Å². The minimum atomic E-state index is -1.03. The summed E-state index contributed by atoms with van der Waals surface area (Å²) in [6, 6.07) is 0. The molecule has 1 fully saturated rings. The minimum Gasteiger partial charge on any atom is -0.370 e. The van der Waals surface area contributed by atoms with Gasteiger partial charge in [-0.2, -0.15) is 0 Å². The quantitative estimate of drug-likeness (QED) is 0.687. The van der Waals surface area contributed by atoms with Crippen LogP contribution in [-0.2, 0) is 4.79 Å². The van der Waals surface area contributed by atoms with Gasteiger partial charge in [-0.05, 0) is 46.4 Å². The first-order valence-electron chi connectivity index (χ1n) is 6.20. The van der Waals surface area contributed by atoms with Gasteiger partial charge in [0.2, 0.25) is 0 Å². The highest BCUT2D eigenvalue weighted by atomic mass is 16.3. The number of likely N-dealkylation sites (N-methyl/N-ethyl adjacent to an activating group) is 2. The smallest absolute Gasteiger partial charge is 0.266 e. The second-order valence-corrected chi connectivity index (χ2v) is 5.33. The van der Waals surface area contributed by atoms with Crippen molar-refractivity contribution in [1.29, 1.82) is 0 Å². The van der Waals surface area contributed by atoms with Crippen molar-refractivity contribution in [2.24, 2.45) is 5.92 Å². The Morgan fingerprint density at radius 2 is 2.12 bits per heavy atom. The molecule has 1 N–H and O–H groups in total. The van der Waals surface area contributed by atoms with Gasteiger partial charge in [-0.3, -0.25) is 9.69 Å². The zero-order valence-corrected chi connectivity index (χ0v) is 11.4. The molecule has 5 heteroatoms. The number of hydrogen-bond acceptors (Lipinski definition) is 4. The van der Waals surface area contributed by atoms with E-state index in [1.54, 1.807) is 26.0 Å². The van der Waals surface area contributed by atoms with E-state index in [4.69, 9.17) is 0 Å². The number of carbonyl (C=O) groups is 1. The fraction of sp³-hybridized carbons (Fsp3) is 0.917. The first kappa shape index (κ1) is 14.4. The lowest BCUT2D eigenvalue weighted by molar-refractivity contribution is -0.147. The van der Waals surface area contributed by atoms with Crippen LogP contribution in [0.2, 0.25) is 0 Å². The molecule has 1 heterocycles. The summed E-state index contributed by atoms with van der Waals surface area (Å²) >= 11 is 0. The van der Waals surface area contributed by atoms with Gasteiger partial charge in [-0.1, -0.05) is 0 Å². The first-order valence-corrected chi connectivity index (χ1v) is 6.20. The summed E-state index contributed by atoms with van der Waals surface area (Å²) in [5.41, 5.74) is 0. The number of hydrogen-bond donors (Lipinski definition) is 1. The maximum Gasteiger partial charge on any atom is 0.266 e. The highest BCUT2D eigenvalue weighted by Gasteiger charge is 2.25. The molecule has 0 saturated carbocycles. The van der Waals surface area contributed by atoms with E-state index < -0.39 is 6.23 Å². The second-order valence-electron chi connectivity index (χ2n) is 5.33. The number of likely N-dealkylation sites (tertiary alicyclic amines) is 1. The van der Waals surface area contributed by atoms with Crippen molar-refractivity contribution in [2.75, 3.05) is 47.8 Å². The highest BCUT2D eigenvalue weighted by Crippen LogP contribution is 2.16. The lowest BCUT2D eigenvalue weighted by Gasteiger charge is -2.33. The molecule has 1 rings (SSSR count). The standard InChI is InChI=1S/C12H25N3O2/c1-13(2)11(16)12(17)15(4)9-10-6-5-7-14(3)8-10/h10-11,16H,5-9H2,1-4H3. The SMILES string of the molecule is CN1CCCC(CN(C)C(=O)C(O)N(C)C)C1. The van der Waals surface area contributed by atoms with Crippen molar-refractivity contribution in [2.45, 2.75) is 19.1 Å². The third-order valence-electron chi connectivity index (χ3n) is 3.34. The number of piperidine rings is 1. The Hall–Kier alpha value is -0.650. The van der Waals surface area contributed by atoms with Crippen molar-refractivity contribution in [3.05, 3.63) is 0 Å². The molecule has 5 nitrogen and oxygen atoms in total. The molecule has 1 amide bonds. The molecule has 100 valence electrons.